The number of pyridine rings is 1. The van der Waals surface area contributed by atoms with Gasteiger partial charge in [-0.3, -0.25) is 9.59 Å². The van der Waals surface area contributed by atoms with E-state index in [1.165, 1.54) is 18.2 Å². The van der Waals surface area contributed by atoms with Gasteiger partial charge >= 0.3 is 0 Å². The molecule has 1 aromatic heterocycles. The third kappa shape index (κ3) is 4.15. The number of carbonyl (C=O) groups excluding carboxylic acids is 2. The molecule has 0 bridgehead atoms. The summed E-state index contributed by atoms with van der Waals surface area (Å²) in [4.78, 5) is 28.2. The average Bonchev–Trinajstić information content (AvgIpc) is 2.65. The highest BCUT2D eigenvalue weighted by molar-refractivity contribution is 6.33. The van der Waals surface area contributed by atoms with Gasteiger partial charge in [-0.25, -0.2) is 9.37 Å². The van der Waals surface area contributed by atoms with Crippen molar-refractivity contribution in [1.82, 2.24) is 15.6 Å². The average molecular weight is 372 g/mol. The third-order valence-electron chi connectivity index (χ3n) is 3.71. The lowest BCUT2D eigenvalue weighted by Crippen LogP contribution is -2.34. The highest BCUT2D eigenvalue weighted by Gasteiger charge is 2.13. The van der Waals surface area contributed by atoms with Gasteiger partial charge in [0.15, 0.2) is 0 Å². The summed E-state index contributed by atoms with van der Waals surface area (Å²) < 4.78 is 13.2. The monoisotopic (exact) mass is 371 g/mol. The number of aromatic nitrogens is 1. The molecule has 0 aliphatic rings. The first kappa shape index (κ1) is 17.8. The zero-order valence-corrected chi connectivity index (χ0v) is 14.4. The fraction of sp³-hybridized carbons (Fsp3) is 0.105. The molecule has 3 aromatic rings. The van der Waals surface area contributed by atoms with Crippen LogP contribution in [0.1, 0.15) is 20.7 Å². The lowest BCUT2D eigenvalue weighted by molar-refractivity contribution is 0.0927. The molecule has 0 radical (unpaired) electrons. The highest BCUT2D eigenvalue weighted by Crippen LogP contribution is 2.21. The Hall–Kier alpha value is -2.99. The summed E-state index contributed by atoms with van der Waals surface area (Å²) >= 11 is 6.03. The minimum absolute atomic E-state index is 0.00563. The number of carbonyl (C=O) groups is 2. The topological polar surface area (TPSA) is 71.1 Å². The molecule has 26 heavy (non-hydrogen) atoms. The summed E-state index contributed by atoms with van der Waals surface area (Å²) in [6.45, 7) is 0.499. The fourth-order valence-corrected chi connectivity index (χ4v) is 2.65. The number of nitrogens with zero attached hydrogens (tertiary/aromatic N) is 1. The van der Waals surface area contributed by atoms with Crippen molar-refractivity contribution in [3.05, 3.63) is 76.7 Å². The van der Waals surface area contributed by atoms with Crippen molar-refractivity contribution in [1.29, 1.82) is 0 Å². The Morgan fingerprint density at radius 3 is 2.38 bits per heavy atom. The van der Waals surface area contributed by atoms with Crippen LogP contribution in [0.5, 0.6) is 0 Å². The second-order valence-corrected chi connectivity index (χ2v) is 5.90. The molecule has 2 aromatic carbocycles. The van der Waals surface area contributed by atoms with Crippen molar-refractivity contribution in [2.75, 3.05) is 13.1 Å². The van der Waals surface area contributed by atoms with E-state index in [9.17, 15) is 14.0 Å². The quantitative estimate of drug-likeness (QED) is 0.534. The molecule has 0 unspecified atom stereocenters. The maximum atomic E-state index is 13.2. The van der Waals surface area contributed by atoms with Gasteiger partial charge in [-0.1, -0.05) is 29.8 Å². The zero-order chi connectivity index (χ0) is 18.5. The standard InChI is InChI=1S/C19H15ClFN3O2/c20-17-15(10-13-6-7-14(21)11-16(13)24-17)19(26)23-9-8-22-18(25)12-4-2-1-3-5-12/h1-7,10-11H,8-9H2,(H,22,25)(H,23,26). The van der Waals surface area contributed by atoms with Crippen molar-refractivity contribution in [3.8, 4) is 0 Å². The molecule has 5 nitrogen and oxygen atoms in total. The molecule has 0 atom stereocenters. The Kier molecular flexibility index (Phi) is 5.43. The van der Waals surface area contributed by atoms with E-state index in [0.29, 0.717) is 16.5 Å². The van der Waals surface area contributed by atoms with Crippen LogP contribution >= 0.6 is 11.6 Å². The van der Waals surface area contributed by atoms with E-state index in [1.807, 2.05) is 6.07 Å². The highest BCUT2D eigenvalue weighted by atomic mass is 35.5. The molecule has 0 aliphatic carbocycles. The number of hydrogen-bond acceptors (Lipinski definition) is 3. The number of amides is 2. The number of fused-ring (bicyclic) bond motifs is 1. The molecule has 0 spiro atoms. The Bertz CT molecular complexity index is 964. The summed E-state index contributed by atoms with van der Waals surface area (Å²) in [5, 5.41) is 5.99. The maximum absolute atomic E-state index is 13.2. The SMILES string of the molecule is O=C(NCCNC(=O)c1cc2ccc(F)cc2nc1Cl)c1ccccc1. The van der Waals surface area contributed by atoms with Crippen LogP contribution < -0.4 is 10.6 Å². The van der Waals surface area contributed by atoms with E-state index in [-0.39, 0.29) is 29.7 Å². The molecule has 1 heterocycles. The van der Waals surface area contributed by atoms with Gasteiger partial charge in [-0.05, 0) is 30.3 Å². The van der Waals surface area contributed by atoms with Crippen molar-refractivity contribution in [3.63, 3.8) is 0 Å². The van der Waals surface area contributed by atoms with E-state index in [1.54, 1.807) is 30.3 Å². The Labute approximate surface area is 154 Å². The molecule has 0 aliphatic heterocycles. The van der Waals surface area contributed by atoms with E-state index in [2.05, 4.69) is 15.6 Å². The van der Waals surface area contributed by atoms with Gasteiger partial charge in [0.1, 0.15) is 11.0 Å². The van der Waals surface area contributed by atoms with Gasteiger partial charge < -0.3 is 10.6 Å². The summed E-state index contributed by atoms with van der Waals surface area (Å²) in [5.74, 6) is -1.05. The van der Waals surface area contributed by atoms with Gasteiger partial charge in [-0.2, -0.15) is 0 Å². The minimum atomic E-state index is -0.424. The summed E-state index contributed by atoms with van der Waals surface area (Å²) in [6, 6.07) is 14.4. The van der Waals surface area contributed by atoms with Crippen LogP contribution in [0.15, 0.2) is 54.6 Å². The first-order valence-corrected chi connectivity index (χ1v) is 8.29. The number of nitrogens with one attached hydrogen (secondary N) is 2. The van der Waals surface area contributed by atoms with Gasteiger partial charge in [-0.15, -0.1) is 0 Å². The summed E-state index contributed by atoms with van der Waals surface area (Å²) in [7, 11) is 0. The van der Waals surface area contributed by atoms with Gasteiger partial charge in [0, 0.05) is 30.1 Å². The van der Waals surface area contributed by atoms with Crippen molar-refractivity contribution in [2.24, 2.45) is 0 Å². The lowest BCUT2D eigenvalue weighted by Gasteiger charge is -2.09. The van der Waals surface area contributed by atoms with Gasteiger partial charge in [0.05, 0.1) is 11.1 Å². The smallest absolute Gasteiger partial charge is 0.254 e. The van der Waals surface area contributed by atoms with Crippen molar-refractivity contribution in [2.45, 2.75) is 0 Å². The lowest BCUT2D eigenvalue weighted by atomic mass is 10.1. The van der Waals surface area contributed by atoms with E-state index < -0.39 is 11.7 Å². The summed E-state index contributed by atoms with van der Waals surface area (Å²) in [6.07, 6.45) is 0. The van der Waals surface area contributed by atoms with Crippen LogP contribution in [0.25, 0.3) is 10.9 Å². The van der Waals surface area contributed by atoms with Crippen molar-refractivity contribution < 1.29 is 14.0 Å². The number of benzene rings is 2. The van der Waals surface area contributed by atoms with Crippen LogP contribution in [0.4, 0.5) is 4.39 Å². The van der Waals surface area contributed by atoms with Crippen LogP contribution in [0.3, 0.4) is 0 Å². The molecule has 0 saturated heterocycles. The van der Waals surface area contributed by atoms with Gasteiger partial charge in [0.25, 0.3) is 11.8 Å². The van der Waals surface area contributed by atoms with E-state index in [4.69, 9.17) is 11.6 Å². The second-order valence-electron chi connectivity index (χ2n) is 5.54. The van der Waals surface area contributed by atoms with Crippen LogP contribution in [-0.4, -0.2) is 29.9 Å². The van der Waals surface area contributed by atoms with Crippen LogP contribution in [0.2, 0.25) is 5.15 Å². The zero-order valence-electron chi connectivity index (χ0n) is 13.6. The Morgan fingerprint density at radius 1 is 0.962 bits per heavy atom. The van der Waals surface area contributed by atoms with Gasteiger partial charge in [0.2, 0.25) is 0 Å². The molecule has 0 saturated carbocycles. The molecule has 132 valence electrons. The number of rotatable bonds is 5. The normalized spacial score (nSPS) is 10.5. The molecule has 2 amide bonds. The Morgan fingerprint density at radius 2 is 1.65 bits per heavy atom. The molecule has 3 rings (SSSR count). The first-order chi connectivity index (χ1) is 12.5. The van der Waals surface area contributed by atoms with Crippen molar-refractivity contribution >= 4 is 34.3 Å². The minimum Gasteiger partial charge on any atom is -0.350 e. The molecule has 2 N–H and O–H groups in total. The Balaban J connectivity index is 1.58. The second kappa shape index (κ2) is 7.93. The van der Waals surface area contributed by atoms with E-state index in [0.717, 1.165) is 0 Å². The van der Waals surface area contributed by atoms with E-state index >= 15 is 0 Å². The third-order valence-corrected chi connectivity index (χ3v) is 4.00. The van der Waals surface area contributed by atoms with Crippen LogP contribution in [0, 0.1) is 5.82 Å². The number of hydrogen-bond donors (Lipinski definition) is 2. The first-order valence-electron chi connectivity index (χ1n) is 7.92. The predicted octanol–water partition coefficient (Wildman–Crippen LogP) is 3.19. The predicted molar refractivity (Wildman–Crippen MR) is 97.8 cm³/mol. The molecule has 0 fully saturated rings. The summed E-state index contributed by atoms with van der Waals surface area (Å²) in [5.41, 5.74) is 1.12. The molecular formula is C19H15ClFN3O2. The molecular weight excluding hydrogens is 357 g/mol. The van der Waals surface area contributed by atoms with Crippen LogP contribution in [-0.2, 0) is 0 Å². The fourth-order valence-electron chi connectivity index (χ4n) is 2.41. The molecule has 7 heteroatoms. The number of halogens is 2. The largest absolute Gasteiger partial charge is 0.350 e. The maximum Gasteiger partial charge on any atom is 0.254 e.